The predicted octanol–water partition coefficient (Wildman–Crippen LogP) is 5.49. The largest absolute Gasteiger partial charge is 0.449 e. The van der Waals surface area contributed by atoms with Crippen LogP contribution in [0.3, 0.4) is 0 Å². The Balaban J connectivity index is 1.61. The third kappa shape index (κ3) is 4.25. The summed E-state index contributed by atoms with van der Waals surface area (Å²) in [6.07, 6.45) is -2.60. The van der Waals surface area contributed by atoms with E-state index in [-0.39, 0.29) is 40.9 Å². The zero-order valence-corrected chi connectivity index (χ0v) is 22.5. The van der Waals surface area contributed by atoms with Crippen molar-refractivity contribution in [3.63, 3.8) is 0 Å². The number of carbonyl (C=O) groups is 5. The lowest BCUT2D eigenvalue weighted by atomic mass is 9.90. The second kappa shape index (κ2) is 10.6. The highest BCUT2D eigenvalue weighted by atomic mass is 35.5. The molecule has 12 heteroatoms. The zero-order chi connectivity index (χ0) is 28.6. The number of rotatable bonds is 5. The summed E-state index contributed by atoms with van der Waals surface area (Å²) in [6.45, 7) is 0.993. The standard InChI is InChI=1S/C28H21Cl2N3O7/c1-2-39-26(37)32-24(35)28(33(25(32)36)27(38)40-16-17-8-4-3-5-9-17)19-10-6-7-11-22(19)31(23(28)34)15-18-12-13-20(29)21(30)14-18/h3-14H,2,15-16H2,1H3. The number of ether oxygens (including phenoxy) is 2. The van der Waals surface area contributed by atoms with Gasteiger partial charge in [0, 0.05) is 5.56 Å². The Morgan fingerprint density at radius 1 is 0.800 bits per heavy atom. The number of nitrogens with zero attached hydrogens (tertiary/aromatic N) is 3. The molecule has 5 rings (SSSR count). The first-order valence-corrected chi connectivity index (χ1v) is 12.9. The molecule has 40 heavy (non-hydrogen) atoms. The number of hydrogen-bond donors (Lipinski definition) is 0. The Labute approximate surface area is 238 Å². The van der Waals surface area contributed by atoms with Crippen molar-refractivity contribution < 1.29 is 33.4 Å². The SMILES string of the molecule is CCOC(=O)N1C(=O)N(C(=O)OCc2ccccc2)C2(C1=O)C(=O)N(Cc1ccc(Cl)c(Cl)c1)c1ccccc12. The second-order valence-electron chi connectivity index (χ2n) is 8.86. The van der Waals surface area contributed by atoms with Crippen molar-refractivity contribution in [3.8, 4) is 0 Å². The van der Waals surface area contributed by atoms with Gasteiger partial charge in [-0.05, 0) is 36.2 Å². The van der Waals surface area contributed by atoms with Crippen molar-refractivity contribution in [2.45, 2.75) is 25.6 Å². The molecule has 3 aromatic carbocycles. The molecule has 0 N–H and O–H groups in total. The number of anilines is 1. The zero-order valence-electron chi connectivity index (χ0n) is 21.0. The molecule has 0 aromatic heterocycles. The van der Waals surface area contributed by atoms with Crippen LogP contribution in [0, 0.1) is 0 Å². The Kier molecular flexibility index (Phi) is 7.22. The lowest BCUT2D eigenvalue weighted by Crippen LogP contribution is -2.56. The molecular weight excluding hydrogens is 561 g/mol. The fraction of sp³-hybridized carbons (Fsp3) is 0.179. The molecule has 204 valence electrons. The summed E-state index contributed by atoms with van der Waals surface area (Å²) in [7, 11) is 0. The fourth-order valence-corrected chi connectivity index (χ4v) is 5.09. The lowest BCUT2D eigenvalue weighted by molar-refractivity contribution is -0.140. The van der Waals surface area contributed by atoms with E-state index in [1.807, 2.05) is 0 Å². The van der Waals surface area contributed by atoms with Crippen molar-refractivity contribution >= 4 is 58.9 Å². The van der Waals surface area contributed by atoms with E-state index in [9.17, 15) is 24.0 Å². The number of amides is 6. The van der Waals surface area contributed by atoms with Crippen LogP contribution < -0.4 is 4.90 Å². The van der Waals surface area contributed by atoms with Crippen LogP contribution in [0.1, 0.15) is 23.6 Å². The van der Waals surface area contributed by atoms with Gasteiger partial charge in [0.25, 0.3) is 11.8 Å². The quantitative estimate of drug-likeness (QED) is 0.289. The summed E-state index contributed by atoms with van der Waals surface area (Å²) in [5, 5.41) is 0.560. The smallest absolute Gasteiger partial charge is 0.425 e. The molecule has 1 unspecified atom stereocenters. The molecule has 10 nitrogen and oxygen atoms in total. The summed E-state index contributed by atoms with van der Waals surface area (Å²) in [5.74, 6) is -2.18. The van der Waals surface area contributed by atoms with Crippen LogP contribution in [0.4, 0.5) is 20.1 Å². The summed E-state index contributed by atoms with van der Waals surface area (Å²) in [4.78, 5) is 69.9. The highest BCUT2D eigenvalue weighted by Crippen LogP contribution is 2.49. The van der Waals surface area contributed by atoms with Crippen molar-refractivity contribution in [2.24, 2.45) is 0 Å². The van der Waals surface area contributed by atoms with Crippen LogP contribution in [0.5, 0.6) is 0 Å². The molecule has 2 heterocycles. The first-order chi connectivity index (χ1) is 19.2. The molecule has 1 atom stereocenters. The Hall–Kier alpha value is -4.41. The van der Waals surface area contributed by atoms with Gasteiger partial charge >= 0.3 is 18.2 Å². The molecule has 0 radical (unpaired) electrons. The monoisotopic (exact) mass is 581 g/mol. The number of carbonyl (C=O) groups excluding carboxylic acids is 5. The Morgan fingerprint density at radius 3 is 2.20 bits per heavy atom. The van der Waals surface area contributed by atoms with E-state index in [1.54, 1.807) is 66.7 Å². The van der Waals surface area contributed by atoms with Gasteiger partial charge in [-0.2, -0.15) is 9.80 Å². The van der Waals surface area contributed by atoms with Crippen molar-refractivity contribution in [1.29, 1.82) is 0 Å². The molecule has 1 saturated heterocycles. The number of hydrogen-bond acceptors (Lipinski definition) is 7. The van der Waals surface area contributed by atoms with Crippen molar-refractivity contribution in [3.05, 3.63) is 99.5 Å². The van der Waals surface area contributed by atoms with Crippen LogP contribution in [0.15, 0.2) is 72.8 Å². The number of imide groups is 4. The predicted molar refractivity (Wildman–Crippen MR) is 144 cm³/mol. The average Bonchev–Trinajstić information content (AvgIpc) is 3.33. The maximum absolute atomic E-state index is 14.3. The van der Waals surface area contributed by atoms with E-state index in [0.717, 1.165) is 0 Å². The minimum absolute atomic E-state index is 0.0295. The normalized spacial score (nSPS) is 18.0. The Bertz CT molecular complexity index is 1550. The highest BCUT2D eigenvalue weighted by molar-refractivity contribution is 6.42. The van der Waals surface area contributed by atoms with Gasteiger partial charge in [0.1, 0.15) is 6.61 Å². The third-order valence-electron chi connectivity index (χ3n) is 6.53. The molecule has 0 aliphatic carbocycles. The molecule has 1 fully saturated rings. The molecule has 3 aromatic rings. The van der Waals surface area contributed by atoms with Crippen LogP contribution in [0.2, 0.25) is 10.0 Å². The molecule has 2 aliphatic heterocycles. The fourth-order valence-electron chi connectivity index (χ4n) is 4.77. The van der Waals surface area contributed by atoms with Gasteiger partial charge in [0.05, 0.1) is 28.9 Å². The van der Waals surface area contributed by atoms with Crippen LogP contribution >= 0.6 is 23.2 Å². The molecule has 2 aliphatic rings. The van der Waals surface area contributed by atoms with Gasteiger partial charge in [0.2, 0.25) is 5.54 Å². The number of fused-ring (bicyclic) bond motifs is 2. The summed E-state index contributed by atoms with van der Waals surface area (Å²) in [5.41, 5.74) is -1.09. The van der Waals surface area contributed by atoms with Gasteiger partial charge in [0.15, 0.2) is 0 Å². The van der Waals surface area contributed by atoms with E-state index >= 15 is 0 Å². The molecule has 0 bridgehead atoms. The van der Waals surface area contributed by atoms with Crippen LogP contribution in [0.25, 0.3) is 0 Å². The van der Waals surface area contributed by atoms with Gasteiger partial charge in [-0.1, -0.05) is 77.8 Å². The molecular formula is C28H21Cl2N3O7. The topological polar surface area (TPSA) is 114 Å². The average molecular weight is 582 g/mol. The highest BCUT2D eigenvalue weighted by Gasteiger charge is 2.72. The van der Waals surface area contributed by atoms with Gasteiger partial charge in [-0.15, -0.1) is 0 Å². The first-order valence-electron chi connectivity index (χ1n) is 12.1. The summed E-state index contributed by atoms with van der Waals surface area (Å²) < 4.78 is 10.3. The first kappa shape index (κ1) is 27.2. The number of para-hydroxylation sites is 1. The van der Waals surface area contributed by atoms with E-state index in [4.69, 9.17) is 32.7 Å². The van der Waals surface area contributed by atoms with Gasteiger partial charge < -0.3 is 14.4 Å². The van der Waals surface area contributed by atoms with Crippen molar-refractivity contribution in [1.82, 2.24) is 9.80 Å². The molecule has 6 amide bonds. The van der Waals surface area contributed by atoms with Crippen molar-refractivity contribution in [2.75, 3.05) is 11.5 Å². The Morgan fingerprint density at radius 2 is 1.50 bits per heavy atom. The van der Waals surface area contributed by atoms with E-state index < -0.39 is 35.6 Å². The van der Waals surface area contributed by atoms with E-state index in [1.165, 1.54) is 17.9 Å². The summed E-state index contributed by atoms with van der Waals surface area (Å²) >= 11 is 12.2. The number of urea groups is 1. The molecule has 0 saturated carbocycles. The number of benzene rings is 3. The lowest BCUT2D eigenvalue weighted by Gasteiger charge is -2.28. The minimum Gasteiger partial charge on any atom is -0.449 e. The van der Waals surface area contributed by atoms with Crippen LogP contribution in [-0.2, 0) is 37.8 Å². The second-order valence-corrected chi connectivity index (χ2v) is 9.68. The van der Waals surface area contributed by atoms with E-state index in [2.05, 4.69) is 0 Å². The van der Waals surface area contributed by atoms with Gasteiger partial charge in [-0.3, -0.25) is 9.59 Å². The minimum atomic E-state index is -2.54. The molecule has 1 spiro atoms. The van der Waals surface area contributed by atoms with Crippen LogP contribution in [-0.4, -0.2) is 46.4 Å². The third-order valence-corrected chi connectivity index (χ3v) is 7.27. The number of halogens is 2. The van der Waals surface area contributed by atoms with E-state index in [0.29, 0.717) is 21.0 Å². The maximum Gasteiger partial charge on any atom is 0.425 e. The maximum atomic E-state index is 14.3. The van der Waals surface area contributed by atoms with Gasteiger partial charge in [-0.25, -0.2) is 14.4 Å². The summed E-state index contributed by atoms with van der Waals surface area (Å²) in [6, 6.07) is 18.2.